The fourth-order valence-corrected chi connectivity index (χ4v) is 3.55. The molecule has 1 N–H and O–H groups in total. The maximum Gasteiger partial charge on any atom is 0.269 e. The fraction of sp³-hybridized carbons (Fsp3) is 0.222. The van der Waals surface area contributed by atoms with Crippen LogP contribution in [0.15, 0.2) is 59.4 Å². The largest absolute Gasteiger partial charge is 0.348 e. The number of nitrogens with zero attached hydrogens (tertiary/aromatic N) is 1. The van der Waals surface area contributed by atoms with E-state index in [2.05, 4.69) is 5.32 Å². The minimum absolute atomic E-state index is 0.101. The summed E-state index contributed by atoms with van der Waals surface area (Å²) in [5.41, 5.74) is 0.928. The van der Waals surface area contributed by atoms with Crippen molar-refractivity contribution in [3.63, 3.8) is 0 Å². The highest BCUT2D eigenvalue weighted by Gasteiger charge is 2.21. The Morgan fingerprint density at radius 3 is 2.39 bits per heavy atom. The van der Waals surface area contributed by atoms with Gasteiger partial charge >= 0.3 is 0 Å². The van der Waals surface area contributed by atoms with E-state index in [0.717, 1.165) is 10.3 Å². The van der Waals surface area contributed by atoms with Crippen LogP contribution in [0, 0.1) is 0 Å². The topological polar surface area (TPSA) is 51.1 Å². The summed E-state index contributed by atoms with van der Waals surface area (Å²) in [6.07, 6.45) is 0. The first-order chi connectivity index (χ1) is 11.1. The lowest BCUT2D eigenvalue weighted by Gasteiger charge is -2.18. The summed E-state index contributed by atoms with van der Waals surface area (Å²) in [4.78, 5) is 24.9. The Morgan fingerprint density at radius 1 is 1.04 bits per heavy atom. The van der Waals surface area contributed by atoms with Gasteiger partial charge in [0.25, 0.3) is 5.56 Å². The zero-order chi connectivity index (χ0) is 16.4. The van der Waals surface area contributed by atoms with Gasteiger partial charge in [-0.1, -0.05) is 54.0 Å². The molecule has 2 unspecified atom stereocenters. The number of amides is 1. The lowest BCUT2D eigenvalue weighted by Crippen LogP contribution is -2.35. The van der Waals surface area contributed by atoms with Gasteiger partial charge in [0.1, 0.15) is 6.04 Å². The number of nitrogens with one attached hydrogen (secondary N) is 1. The Morgan fingerprint density at radius 2 is 1.70 bits per heavy atom. The maximum atomic E-state index is 12.5. The second kappa shape index (κ2) is 6.38. The zero-order valence-corrected chi connectivity index (χ0v) is 13.8. The highest BCUT2D eigenvalue weighted by atomic mass is 32.1. The third-order valence-corrected chi connectivity index (χ3v) is 5.14. The van der Waals surface area contributed by atoms with Crippen molar-refractivity contribution in [3.8, 4) is 0 Å². The molecule has 0 bridgehead atoms. The fourth-order valence-electron chi connectivity index (χ4n) is 2.51. The van der Waals surface area contributed by atoms with Crippen LogP contribution >= 0.6 is 11.5 Å². The van der Waals surface area contributed by atoms with Gasteiger partial charge in [0.2, 0.25) is 5.91 Å². The first-order valence-corrected chi connectivity index (χ1v) is 8.31. The van der Waals surface area contributed by atoms with Crippen LogP contribution in [0.1, 0.15) is 31.5 Å². The third kappa shape index (κ3) is 3.05. The molecule has 3 rings (SSSR count). The van der Waals surface area contributed by atoms with Crippen LogP contribution < -0.4 is 10.9 Å². The lowest BCUT2D eigenvalue weighted by atomic mass is 10.1. The second-order valence-corrected chi connectivity index (χ2v) is 6.55. The molecule has 1 amide bonds. The molecule has 0 radical (unpaired) electrons. The van der Waals surface area contributed by atoms with Crippen LogP contribution in [0.4, 0.5) is 0 Å². The van der Waals surface area contributed by atoms with E-state index < -0.39 is 6.04 Å². The molecule has 0 aliphatic carbocycles. The molecule has 23 heavy (non-hydrogen) atoms. The number of benzene rings is 2. The molecular weight excluding hydrogens is 308 g/mol. The van der Waals surface area contributed by atoms with Gasteiger partial charge in [-0.2, -0.15) is 0 Å². The van der Waals surface area contributed by atoms with E-state index in [-0.39, 0.29) is 17.5 Å². The minimum atomic E-state index is -0.536. The highest BCUT2D eigenvalue weighted by Crippen LogP contribution is 2.20. The number of aromatic nitrogens is 1. The smallest absolute Gasteiger partial charge is 0.269 e. The normalized spacial score (nSPS) is 13.7. The van der Waals surface area contributed by atoms with Crippen molar-refractivity contribution in [1.29, 1.82) is 0 Å². The van der Waals surface area contributed by atoms with E-state index in [1.807, 2.05) is 55.5 Å². The average Bonchev–Trinajstić information content (AvgIpc) is 2.92. The molecule has 0 fully saturated rings. The molecule has 0 saturated heterocycles. The quantitative estimate of drug-likeness (QED) is 0.798. The van der Waals surface area contributed by atoms with Crippen LogP contribution in [0.3, 0.4) is 0 Å². The minimum Gasteiger partial charge on any atom is -0.348 e. The summed E-state index contributed by atoms with van der Waals surface area (Å²) >= 11 is 1.33. The van der Waals surface area contributed by atoms with Gasteiger partial charge in [0, 0.05) is 0 Å². The Kier molecular flexibility index (Phi) is 4.30. The molecule has 0 aliphatic rings. The Balaban J connectivity index is 1.81. The number of hydrogen-bond acceptors (Lipinski definition) is 3. The molecule has 118 valence electrons. The Bertz CT molecular complexity index is 883. The highest BCUT2D eigenvalue weighted by molar-refractivity contribution is 7.14. The van der Waals surface area contributed by atoms with Crippen molar-refractivity contribution in [3.05, 3.63) is 70.5 Å². The lowest BCUT2D eigenvalue weighted by molar-refractivity contribution is -0.124. The standard InChI is InChI=1S/C18H18N2O2S/c1-12(14-8-4-3-5-9-14)19-17(21)13(2)20-18(22)15-10-6-7-11-16(15)23-20/h3-13H,1-2H3,(H,19,21). The summed E-state index contributed by atoms with van der Waals surface area (Å²) < 4.78 is 2.44. The maximum absolute atomic E-state index is 12.5. The number of carbonyl (C=O) groups is 1. The predicted octanol–water partition coefficient (Wildman–Crippen LogP) is 3.50. The van der Waals surface area contributed by atoms with E-state index in [0.29, 0.717) is 5.39 Å². The van der Waals surface area contributed by atoms with Crippen LogP contribution in [0.2, 0.25) is 0 Å². The number of carbonyl (C=O) groups excluding carboxylic acids is 1. The summed E-state index contributed by atoms with van der Waals surface area (Å²) in [7, 11) is 0. The van der Waals surface area contributed by atoms with Crippen molar-refractivity contribution in [2.45, 2.75) is 25.9 Å². The SMILES string of the molecule is CC(NC(=O)C(C)n1sc2ccccc2c1=O)c1ccccc1. The molecule has 0 aliphatic heterocycles. The molecule has 0 saturated carbocycles. The van der Waals surface area contributed by atoms with E-state index in [1.165, 1.54) is 15.5 Å². The van der Waals surface area contributed by atoms with Gasteiger partial charge in [-0.15, -0.1) is 0 Å². The molecule has 4 nitrogen and oxygen atoms in total. The van der Waals surface area contributed by atoms with E-state index in [9.17, 15) is 9.59 Å². The Hall–Kier alpha value is -2.40. The van der Waals surface area contributed by atoms with Gasteiger partial charge in [0.05, 0.1) is 16.1 Å². The summed E-state index contributed by atoms with van der Waals surface area (Å²) in [6.45, 7) is 3.69. The number of rotatable bonds is 4. The van der Waals surface area contributed by atoms with Gasteiger partial charge in [-0.25, -0.2) is 0 Å². The van der Waals surface area contributed by atoms with Crippen LogP contribution in [0.25, 0.3) is 10.1 Å². The van der Waals surface area contributed by atoms with Gasteiger partial charge in [-0.05, 0) is 31.5 Å². The summed E-state index contributed by atoms with van der Waals surface area (Å²) in [6, 6.07) is 16.6. The monoisotopic (exact) mass is 326 g/mol. The van der Waals surface area contributed by atoms with Crippen LogP contribution in [-0.4, -0.2) is 9.86 Å². The first-order valence-electron chi connectivity index (χ1n) is 7.54. The molecule has 5 heteroatoms. The van der Waals surface area contributed by atoms with E-state index in [1.54, 1.807) is 13.0 Å². The van der Waals surface area contributed by atoms with Gasteiger partial charge in [-0.3, -0.25) is 13.5 Å². The second-order valence-electron chi connectivity index (χ2n) is 5.54. The average molecular weight is 326 g/mol. The van der Waals surface area contributed by atoms with E-state index >= 15 is 0 Å². The molecule has 0 spiro atoms. The van der Waals surface area contributed by atoms with Gasteiger partial charge < -0.3 is 5.32 Å². The third-order valence-electron chi connectivity index (χ3n) is 3.90. The van der Waals surface area contributed by atoms with Crippen LogP contribution in [-0.2, 0) is 4.79 Å². The van der Waals surface area contributed by atoms with Crippen LogP contribution in [0.5, 0.6) is 0 Å². The number of hydrogen-bond donors (Lipinski definition) is 1. The molecule has 2 atom stereocenters. The van der Waals surface area contributed by atoms with Crippen molar-refractivity contribution in [1.82, 2.24) is 9.27 Å². The summed E-state index contributed by atoms with van der Waals surface area (Å²) in [5, 5.41) is 3.63. The molecule has 1 aromatic heterocycles. The summed E-state index contributed by atoms with van der Waals surface area (Å²) in [5.74, 6) is -0.157. The molecular formula is C18H18N2O2S. The van der Waals surface area contributed by atoms with E-state index in [4.69, 9.17) is 0 Å². The molecule has 2 aromatic carbocycles. The molecule has 3 aromatic rings. The zero-order valence-electron chi connectivity index (χ0n) is 13.0. The van der Waals surface area contributed by atoms with Crippen molar-refractivity contribution in [2.75, 3.05) is 0 Å². The Labute approximate surface area is 138 Å². The van der Waals surface area contributed by atoms with Crippen molar-refractivity contribution >= 4 is 27.5 Å². The van der Waals surface area contributed by atoms with Crippen molar-refractivity contribution in [2.24, 2.45) is 0 Å². The number of fused-ring (bicyclic) bond motifs is 1. The van der Waals surface area contributed by atoms with Crippen molar-refractivity contribution < 1.29 is 4.79 Å². The van der Waals surface area contributed by atoms with Gasteiger partial charge in [0.15, 0.2) is 0 Å². The molecule has 1 heterocycles. The first kappa shape index (κ1) is 15.5. The predicted molar refractivity (Wildman–Crippen MR) is 93.8 cm³/mol.